The third-order valence-corrected chi connectivity index (χ3v) is 2.24. The van der Waals surface area contributed by atoms with E-state index in [0.29, 0.717) is 0 Å². The van der Waals surface area contributed by atoms with Crippen molar-refractivity contribution in [2.24, 2.45) is 5.73 Å². The molecule has 1 rings (SSSR count). The molecule has 0 spiro atoms. The molecule has 0 aliphatic heterocycles. The highest BCUT2D eigenvalue weighted by atomic mass is 32.1. The molecule has 1 aromatic heterocycles. The molecular weight excluding hydrogens is 146 g/mol. The molecule has 1 unspecified atom stereocenters. The standard InChI is InChI=1S/C6H11N3S/c1-3-5(7)6-8-4(2)9-10-6/h5H,3,7H2,1-2H3. The van der Waals surface area contributed by atoms with Crippen LogP contribution >= 0.6 is 11.5 Å². The minimum Gasteiger partial charge on any atom is -0.322 e. The number of rotatable bonds is 2. The summed E-state index contributed by atoms with van der Waals surface area (Å²) in [7, 11) is 0. The summed E-state index contributed by atoms with van der Waals surface area (Å²) in [4.78, 5) is 4.16. The summed E-state index contributed by atoms with van der Waals surface area (Å²) in [5.41, 5.74) is 5.72. The van der Waals surface area contributed by atoms with Gasteiger partial charge in [-0.25, -0.2) is 4.98 Å². The van der Waals surface area contributed by atoms with Crippen LogP contribution in [-0.4, -0.2) is 9.36 Å². The van der Waals surface area contributed by atoms with Gasteiger partial charge < -0.3 is 5.73 Å². The molecule has 10 heavy (non-hydrogen) atoms. The van der Waals surface area contributed by atoms with Crippen molar-refractivity contribution in [1.29, 1.82) is 0 Å². The normalized spacial score (nSPS) is 13.5. The molecule has 1 aromatic rings. The summed E-state index contributed by atoms with van der Waals surface area (Å²) in [5.74, 6) is 0.823. The van der Waals surface area contributed by atoms with Gasteiger partial charge in [-0.2, -0.15) is 4.37 Å². The van der Waals surface area contributed by atoms with E-state index < -0.39 is 0 Å². The van der Waals surface area contributed by atoms with Crippen LogP contribution in [0.4, 0.5) is 0 Å². The van der Waals surface area contributed by atoms with Crippen LogP contribution in [-0.2, 0) is 0 Å². The number of nitrogens with zero attached hydrogens (tertiary/aromatic N) is 2. The highest BCUT2D eigenvalue weighted by Crippen LogP contribution is 2.14. The molecule has 0 aliphatic rings. The topological polar surface area (TPSA) is 51.8 Å². The first-order valence-electron chi connectivity index (χ1n) is 3.29. The molecule has 0 radical (unpaired) electrons. The fourth-order valence-corrected chi connectivity index (χ4v) is 1.38. The molecule has 3 nitrogen and oxygen atoms in total. The van der Waals surface area contributed by atoms with Crippen LogP contribution < -0.4 is 5.73 Å². The fraction of sp³-hybridized carbons (Fsp3) is 0.667. The van der Waals surface area contributed by atoms with E-state index >= 15 is 0 Å². The van der Waals surface area contributed by atoms with Crippen LogP contribution in [0.15, 0.2) is 0 Å². The number of hydrogen-bond acceptors (Lipinski definition) is 4. The molecule has 0 fully saturated rings. The average Bonchev–Trinajstić information content (AvgIpc) is 2.34. The average molecular weight is 157 g/mol. The predicted octanol–water partition coefficient (Wildman–Crippen LogP) is 1.26. The van der Waals surface area contributed by atoms with Crippen molar-refractivity contribution in [3.8, 4) is 0 Å². The van der Waals surface area contributed by atoms with E-state index in [1.165, 1.54) is 11.5 Å². The van der Waals surface area contributed by atoms with Gasteiger partial charge in [0.2, 0.25) is 0 Å². The van der Waals surface area contributed by atoms with Gasteiger partial charge in [-0.1, -0.05) is 6.92 Å². The summed E-state index contributed by atoms with van der Waals surface area (Å²) in [5, 5.41) is 0.944. The lowest BCUT2D eigenvalue weighted by atomic mass is 10.3. The van der Waals surface area contributed by atoms with Crippen molar-refractivity contribution in [1.82, 2.24) is 9.36 Å². The van der Waals surface area contributed by atoms with Crippen LogP contribution in [0.1, 0.15) is 30.2 Å². The van der Waals surface area contributed by atoms with Crippen molar-refractivity contribution in [3.63, 3.8) is 0 Å². The van der Waals surface area contributed by atoms with Crippen LogP contribution in [0.25, 0.3) is 0 Å². The Balaban J connectivity index is 2.74. The van der Waals surface area contributed by atoms with E-state index in [9.17, 15) is 0 Å². The van der Waals surface area contributed by atoms with Gasteiger partial charge in [0.1, 0.15) is 10.8 Å². The van der Waals surface area contributed by atoms with Crippen molar-refractivity contribution < 1.29 is 0 Å². The van der Waals surface area contributed by atoms with Gasteiger partial charge in [-0.3, -0.25) is 0 Å². The Morgan fingerprint density at radius 3 is 2.80 bits per heavy atom. The highest BCUT2D eigenvalue weighted by molar-refractivity contribution is 7.05. The van der Waals surface area contributed by atoms with Gasteiger partial charge in [0.05, 0.1) is 6.04 Å². The summed E-state index contributed by atoms with van der Waals surface area (Å²) >= 11 is 1.40. The SMILES string of the molecule is CCC(N)c1nc(C)ns1. The summed E-state index contributed by atoms with van der Waals surface area (Å²) in [6, 6.07) is 0.0752. The largest absolute Gasteiger partial charge is 0.322 e. The molecule has 0 aromatic carbocycles. The molecule has 0 saturated carbocycles. The van der Waals surface area contributed by atoms with E-state index in [-0.39, 0.29) is 6.04 Å². The van der Waals surface area contributed by atoms with Crippen molar-refractivity contribution >= 4 is 11.5 Å². The molecule has 0 aliphatic carbocycles. The molecule has 56 valence electrons. The van der Waals surface area contributed by atoms with Gasteiger partial charge in [0.25, 0.3) is 0 Å². The lowest BCUT2D eigenvalue weighted by Crippen LogP contribution is -2.07. The van der Waals surface area contributed by atoms with Gasteiger partial charge in [-0.05, 0) is 24.9 Å². The van der Waals surface area contributed by atoms with Crippen molar-refractivity contribution in [2.45, 2.75) is 26.3 Å². The zero-order valence-electron chi connectivity index (χ0n) is 6.16. The second kappa shape index (κ2) is 3.07. The molecule has 0 saturated heterocycles. The second-order valence-corrected chi connectivity index (χ2v) is 2.98. The summed E-state index contributed by atoms with van der Waals surface area (Å²) in [6.45, 7) is 3.92. The van der Waals surface area contributed by atoms with Crippen molar-refractivity contribution in [2.75, 3.05) is 0 Å². The van der Waals surface area contributed by atoms with Gasteiger partial charge >= 0.3 is 0 Å². The third-order valence-electron chi connectivity index (χ3n) is 1.30. The van der Waals surface area contributed by atoms with E-state index in [4.69, 9.17) is 5.73 Å². The maximum Gasteiger partial charge on any atom is 0.139 e. The zero-order chi connectivity index (χ0) is 7.56. The molecular formula is C6H11N3S. The minimum atomic E-state index is 0.0752. The first kappa shape index (κ1) is 7.63. The van der Waals surface area contributed by atoms with Crippen LogP contribution in [0.5, 0.6) is 0 Å². The second-order valence-electron chi connectivity index (χ2n) is 2.19. The first-order valence-corrected chi connectivity index (χ1v) is 4.07. The fourth-order valence-electron chi connectivity index (χ4n) is 0.638. The minimum absolute atomic E-state index is 0.0752. The maximum absolute atomic E-state index is 5.72. The third kappa shape index (κ3) is 1.52. The van der Waals surface area contributed by atoms with Crippen LogP contribution in [0.3, 0.4) is 0 Å². The van der Waals surface area contributed by atoms with E-state index in [1.807, 2.05) is 13.8 Å². The van der Waals surface area contributed by atoms with Crippen LogP contribution in [0, 0.1) is 6.92 Å². The molecule has 0 amide bonds. The lowest BCUT2D eigenvalue weighted by Gasteiger charge is -2.00. The van der Waals surface area contributed by atoms with E-state index in [0.717, 1.165) is 17.3 Å². The Morgan fingerprint density at radius 1 is 1.70 bits per heavy atom. The smallest absolute Gasteiger partial charge is 0.139 e. The number of aromatic nitrogens is 2. The molecule has 2 N–H and O–H groups in total. The predicted molar refractivity (Wildman–Crippen MR) is 41.9 cm³/mol. The Hall–Kier alpha value is -0.480. The van der Waals surface area contributed by atoms with Crippen LogP contribution in [0.2, 0.25) is 0 Å². The number of aryl methyl sites for hydroxylation is 1. The maximum atomic E-state index is 5.72. The van der Waals surface area contributed by atoms with Gasteiger partial charge in [-0.15, -0.1) is 0 Å². The van der Waals surface area contributed by atoms with Gasteiger partial charge in [0, 0.05) is 0 Å². The number of hydrogen-bond donors (Lipinski definition) is 1. The molecule has 1 heterocycles. The monoisotopic (exact) mass is 157 g/mol. The Bertz CT molecular complexity index is 209. The van der Waals surface area contributed by atoms with Crippen molar-refractivity contribution in [3.05, 3.63) is 10.8 Å². The molecule has 4 heteroatoms. The zero-order valence-corrected chi connectivity index (χ0v) is 6.98. The Labute approximate surface area is 64.5 Å². The summed E-state index contributed by atoms with van der Waals surface area (Å²) in [6.07, 6.45) is 0.925. The van der Waals surface area contributed by atoms with E-state index in [1.54, 1.807) is 0 Å². The number of nitrogens with two attached hydrogens (primary N) is 1. The first-order chi connectivity index (χ1) is 4.74. The highest BCUT2D eigenvalue weighted by Gasteiger charge is 2.07. The Kier molecular flexibility index (Phi) is 2.34. The van der Waals surface area contributed by atoms with Gasteiger partial charge in [0.15, 0.2) is 0 Å². The summed E-state index contributed by atoms with van der Waals surface area (Å²) < 4.78 is 4.04. The molecule has 1 atom stereocenters. The Morgan fingerprint density at radius 2 is 2.40 bits per heavy atom. The quantitative estimate of drug-likeness (QED) is 0.703. The lowest BCUT2D eigenvalue weighted by molar-refractivity contribution is 0.690. The molecule has 0 bridgehead atoms. The van der Waals surface area contributed by atoms with E-state index in [2.05, 4.69) is 9.36 Å².